The number of hydrogen-bond donors (Lipinski definition) is 2. The van der Waals surface area contributed by atoms with Gasteiger partial charge in [-0.1, -0.05) is 13.0 Å². The van der Waals surface area contributed by atoms with Crippen molar-refractivity contribution in [1.29, 1.82) is 0 Å². The molecule has 102 valence electrons. The Morgan fingerprint density at radius 1 is 1.32 bits per heavy atom. The first-order chi connectivity index (χ1) is 9.17. The summed E-state index contributed by atoms with van der Waals surface area (Å²) in [5, 5.41) is 4.35. The Morgan fingerprint density at radius 3 is 2.74 bits per heavy atom. The predicted octanol–water partition coefficient (Wildman–Crippen LogP) is 1.86. The molecule has 0 radical (unpaired) electrons. The fourth-order valence-corrected chi connectivity index (χ4v) is 2.32. The molecule has 5 nitrogen and oxygen atoms in total. The molecule has 0 aliphatic carbocycles. The Morgan fingerprint density at radius 2 is 2.11 bits per heavy atom. The van der Waals surface area contributed by atoms with E-state index in [-0.39, 0.29) is 6.04 Å². The topological polar surface area (TPSA) is 68.8 Å². The molecule has 0 aliphatic rings. The highest BCUT2D eigenvalue weighted by molar-refractivity contribution is 5.31. The maximum atomic E-state index is 5.75. The summed E-state index contributed by atoms with van der Waals surface area (Å²) >= 11 is 0. The number of aromatic nitrogens is 3. The minimum absolute atomic E-state index is 0.0813. The smallest absolute Gasteiger partial charge is 0.0895 e. The average Bonchev–Trinajstić information content (AvgIpc) is 2.82. The van der Waals surface area contributed by atoms with Crippen LogP contribution in [0.5, 0.6) is 0 Å². The van der Waals surface area contributed by atoms with Crippen molar-refractivity contribution in [2.75, 3.05) is 0 Å². The van der Waals surface area contributed by atoms with E-state index in [4.69, 9.17) is 5.84 Å². The van der Waals surface area contributed by atoms with E-state index in [0.717, 1.165) is 35.6 Å². The Kier molecular flexibility index (Phi) is 4.29. The largest absolute Gasteiger partial charge is 0.271 e. The van der Waals surface area contributed by atoms with E-state index in [1.807, 2.05) is 36.9 Å². The van der Waals surface area contributed by atoms with Crippen LogP contribution in [-0.2, 0) is 6.54 Å². The predicted molar refractivity (Wildman–Crippen MR) is 75.4 cm³/mol. The van der Waals surface area contributed by atoms with Crippen LogP contribution in [0.1, 0.15) is 42.0 Å². The summed E-state index contributed by atoms with van der Waals surface area (Å²) in [6.45, 7) is 7.02. The lowest BCUT2D eigenvalue weighted by Gasteiger charge is -2.19. The van der Waals surface area contributed by atoms with Gasteiger partial charge in [0.05, 0.1) is 11.7 Å². The molecule has 0 aromatic carbocycles. The average molecular weight is 259 g/mol. The van der Waals surface area contributed by atoms with E-state index >= 15 is 0 Å². The Bertz CT molecular complexity index is 547. The first kappa shape index (κ1) is 13.7. The summed E-state index contributed by atoms with van der Waals surface area (Å²) in [5.74, 6) is 5.75. The second-order valence-corrected chi connectivity index (χ2v) is 4.71. The van der Waals surface area contributed by atoms with Crippen molar-refractivity contribution in [2.24, 2.45) is 5.84 Å². The minimum atomic E-state index is -0.0813. The van der Waals surface area contributed by atoms with Crippen LogP contribution in [0.3, 0.4) is 0 Å². The van der Waals surface area contributed by atoms with Crippen LogP contribution in [-0.4, -0.2) is 14.8 Å². The van der Waals surface area contributed by atoms with E-state index in [1.54, 1.807) is 0 Å². The number of pyridine rings is 1. The van der Waals surface area contributed by atoms with Gasteiger partial charge in [-0.3, -0.25) is 15.5 Å². The molecule has 0 aliphatic heterocycles. The zero-order valence-corrected chi connectivity index (χ0v) is 11.7. The quantitative estimate of drug-likeness (QED) is 0.635. The zero-order valence-electron chi connectivity index (χ0n) is 11.7. The molecule has 0 amide bonds. The third-order valence-electron chi connectivity index (χ3n) is 3.22. The molecule has 0 saturated heterocycles. The Hall–Kier alpha value is -1.72. The van der Waals surface area contributed by atoms with Crippen molar-refractivity contribution < 1.29 is 0 Å². The molecule has 2 aromatic rings. The van der Waals surface area contributed by atoms with Crippen LogP contribution >= 0.6 is 0 Å². The van der Waals surface area contributed by atoms with E-state index in [0.29, 0.717) is 0 Å². The molecule has 5 heteroatoms. The first-order valence-corrected chi connectivity index (χ1v) is 6.59. The Labute approximate surface area is 113 Å². The molecule has 0 spiro atoms. The maximum Gasteiger partial charge on any atom is 0.0895 e. The summed E-state index contributed by atoms with van der Waals surface area (Å²) in [7, 11) is 0. The zero-order chi connectivity index (χ0) is 13.8. The first-order valence-electron chi connectivity index (χ1n) is 6.59. The SMILES string of the molecule is CCCn1nccc1C(NN)c1ccc(C)nc1C. The van der Waals surface area contributed by atoms with Crippen molar-refractivity contribution in [1.82, 2.24) is 20.2 Å². The van der Waals surface area contributed by atoms with E-state index in [1.165, 1.54) is 0 Å². The van der Waals surface area contributed by atoms with E-state index in [2.05, 4.69) is 28.5 Å². The summed E-state index contributed by atoms with van der Waals surface area (Å²) in [6, 6.07) is 6.00. The molecule has 3 N–H and O–H groups in total. The summed E-state index contributed by atoms with van der Waals surface area (Å²) in [6.07, 6.45) is 2.85. The highest BCUT2D eigenvalue weighted by atomic mass is 15.3. The van der Waals surface area contributed by atoms with Gasteiger partial charge in [0.1, 0.15) is 0 Å². The molecule has 0 saturated carbocycles. The second kappa shape index (κ2) is 5.95. The number of hydrazine groups is 1. The van der Waals surface area contributed by atoms with Gasteiger partial charge in [0.25, 0.3) is 0 Å². The number of hydrogen-bond acceptors (Lipinski definition) is 4. The molecule has 19 heavy (non-hydrogen) atoms. The maximum absolute atomic E-state index is 5.75. The molecular weight excluding hydrogens is 238 g/mol. The number of rotatable bonds is 5. The van der Waals surface area contributed by atoms with Gasteiger partial charge in [-0.05, 0) is 38.0 Å². The van der Waals surface area contributed by atoms with E-state index in [9.17, 15) is 0 Å². The molecular formula is C14H21N5. The number of nitrogens with zero attached hydrogens (tertiary/aromatic N) is 3. The summed E-state index contributed by atoms with van der Waals surface area (Å²) < 4.78 is 1.99. The van der Waals surface area contributed by atoms with Crippen molar-refractivity contribution in [3.63, 3.8) is 0 Å². The van der Waals surface area contributed by atoms with Gasteiger partial charge in [-0.25, -0.2) is 5.43 Å². The highest BCUT2D eigenvalue weighted by Crippen LogP contribution is 2.23. The third kappa shape index (κ3) is 2.83. The van der Waals surface area contributed by atoms with Crippen LogP contribution in [0.2, 0.25) is 0 Å². The number of nitrogens with one attached hydrogen (secondary N) is 1. The van der Waals surface area contributed by atoms with Gasteiger partial charge in [0, 0.05) is 24.1 Å². The Balaban J connectivity index is 2.41. The fraction of sp³-hybridized carbons (Fsp3) is 0.429. The monoisotopic (exact) mass is 259 g/mol. The van der Waals surface area contributed by atoms with Crippen molar-refractivity contribution in [3.8, 4) is 0 Å². The molecule has 1 unspecified atom stereocenters. The molecule has 2 rings (SSSR count). The fourth-order valence-electron chi connectivity index (χ4n) is 2.32. The lowest BCUT2D eigenvalue weighted by atomic mass is 10.0. The summed E-state index contributed by atoms with van der Waals surface area (Å²) in [4.78, 5) is 4.50. The molecule has 1 atom stereocenters. The van der Waals surface area contributed by atoms with Crippen LogP contribution in [0.15, 0.2) is 24.4 Å². The lowest BCUT2D eigenvalue weighted by molar-refractivity contribution is 0.519. The summed E-state index contributed by atoms with van der Waals surface area (Å²) in [5.41, 5.74) is 7.04. The van der Waals surface area contributed by atoms with Crippen molar-refractivity contribution in [3.05, 3.63) is 47.0 Å². The van der Waals surface area contributed by atoms with Crippen LogP contribution in [0, 0.1) is 13.8 Å². The number of nitrogens with two attached hydrogens (primary N) is 1. The van der Waals surface area contributed by atoms with Gasteiger partial charge < -0.3 is 0 Å². The molecule has 0 bridgehead atoms. The standard InChI is InChI=1S/C14H21N5/c1-4-9-19-13(7-8-16-19)14(18-15)12-6-5-10(2)17-11(12)3/h5-8,14,18H,4,9,15H2,1-3H3. The molecule has 0 fully saturated rings. The second-order valence-electron chi connectivity index (χ2n) is 4.71. The molecule has 2 heterocycles. The van der Waals surface area contributed by atoms with Crippen molar-refractivity contribution >= 4 is 0 Å². The third-order valence-corrected chi connectivity index (χ3v) is 3.22. The highest BCUT2D eigenvalue weighted by Gasteiger charge is 2.19. The van der Waals surface area contributed by atoms with E-state index < -0.39 is 0 Å². The van der Waals surface area contributed by atoms with Crippen LogP contribution < -0.4 is 11.3 Å². The van der Waals surface area contributed by atoms with Gasteiger partial charge >= 0.3 is 0 Å². The number of aryl methyl sites for hydroxylation is 3. The van der Waals surface area contributed by atoms with Crippen molar-refractivity contribution in [2.45, 2.75) is 39.8 Å². The normalized spacial score (nSPS) is 12.6. The minimum Gasteiger partial charge on any atom is -0.271 e. The van der Waals surface area contributed by atoms with Crippen LogP contribution in [0.25, 0.3) is 0 Å². The van der Waals surface area contributed by atoms with Gasteiger partial charge in [-0.15, -0.1) is 0 Å². The lowest BCUT2D eigenvalue weighted by Crippen LogP contribution is -2.31. The van der Waals surface area contributed by atoms with Gasteiger partial charge in [0.2, 0.25) is 0 Å². The van der Waals surface area contributed by atoms with Gasteiger partial charge in [-0.2, -0.15) is 5.10 Å². The molecule has 2 aromatic heterocycles. The van der Waals surface area contributed by atoms with Crippen LogP contribution in [0.4, 0.5) is 0 Å². The van der Waals surface area contributed by atoms with Gasteiger partial charge in [0.15, 0.2) is 0 Å².